The molecule has 0 aliphatic carbocycles. The van der Waals surface area contributed by atoms with E-state index in [9.17, 15) is 9.90 Å². The molecule has 78 valence electrons. The molecule has 0 spiro atoms. The zero-order valence-corrected chi connectivity index (χ0v) is 8.66. The average Bonchev–Trinajstić information content (AvgIpc) is 2.08. The predicted molar refractivity (Wildman–Crippen MR) is 56.7 cm³/mol. The van der Waals surface area contributed by atoms with Gasteiger partial charge >= 0.3 is 5.97 Å². The van der Waals surface area contributed by atoms with Crippen LogP contribution < -0.4 is 0 Å². The van der Waals surface area contributed by atoms with Crippen molar-refractivity contribution in [2.45, 2.75) is 20.3 Å². The normalized spacial score (nSPS) is 9.20. The highest BCUT2D eigenvalue weighted by Crippen LogP contribution is 2.19. The molecule has 0 amide bonds. The number of aliphatic carboxylic acids is 1. The van der Waals surface area contributed by atoms with Gasteiger partial charge in [-0.3, -0.25) is 4.79 Å². The van der Waals surface area contributed by atoms with Gasteiger partial charge in [0.1, 0.15) is 12.2 Å². The van der Waals surface area contributed by atoms with Crippen LogP contribution in [-0.4, -0.2) is 16.2 Å². The zero-order valence-electron chi connectivity index (χ0n) is 8.66. The van der Waals surface area contributed by atoms with Gasteiger partial charge in [-0.05, 0) is 37.1 Å². The molecule has 15 heavy (non-hydrogen) atoms. The van der Waals surface area contributed by atoms with Gasteiger partial charge in [0.2, 0.25) is 0 Å². The maximum absolute atomic E-state index is 10.3. The highest BCUT2D eigenvalue weighted by Gasteiger charge is 2.01. The minimum absolute atomic E-state index is 0.167. The van der Waals surface area contributed by atoms with Gasteiger partial charge in [0.15, 0.2) is 0 Å². The molecule has 1 aromatic rings. The van der Waals surface area contributed by atoms with Crippen LogP contribution in [0, 0.1) is 25.7 Å². The second-order valence-corrected chi connectivity index (χ2v) is 3.33. The summed E-state index contributed by atoms with van der Waals surface area (Å²) in [5.74, 6) is 4.64. The third-order valence-electron chi connectivity index (χ3n) is 1.97. The topological polar surface area (TPSA) is 57.5 Å². The summed E-state index contributed by atoms with van der Waals surface area (Å²) < 4.78 is 0. The van der Waals surface area contributed by atoms with Crippen LogP contribution in [0.3, 0.4) is 0 Å². The Morgan fingerprint density at radius 3 is 2.33 bits per heavy atom. The third kappa shape index (κ3) is 3.03. The minimum atomic E-state index is -0.934. The summed E-state index contributed by atoms with van der Waals surface area (Å²) in [6.45, 7) is 3.66. The van der Waals surface area contributed by atoms with Crippen LogP contribution >= 0.6 is 0 Å². The van der Waals surface area contributed by atoms with Crippen molar-refractivity contribution in [1.29, 1.82) is 0 Å². The first-order valence-electron chi connectivity index (χ1n) is 4.51. The number of aryl methyl sites for hydroxylation is 2. The lowest BCUT2D eigenvalue weighted by atomic mass is 10.0. The van der Waals surface area contributed by atoms with Crippen LogP contribution in [0.4, 0.5) is 0 Å². The fraction of sp³-hybridized carbons (Fsp3) is 0.250. The van der Waals surface area contributed by atoms with E-state index in [-0.39, 0.29) is 12.2 Å². The van der Waals surface area contributed by atoms with E-state index >= 15 is 0 Å². The van der Waals surface area contributed by atoms with Crippen molar-refractivity contribution in [2.75, 3.05) is 0 Å². The summed E-state index contributed by atoms with van der Waals surface area (Å²) in [6, 6.07) is 3.22. The summed E-state index contributed by atoms with van der Waals surface area (Å²) in [5, 5.41) is 17.7. The van der Waals surface area contributed by atoms with E-state index in [0.29, 0.717) is 0 Å². The molecular weight excluding hydrogens is 192 g/mol. The van der Waals surface area contributed by atoms with Crippen molar-refractivity contribution in [1.82, 2.24) is 0 Å². The van der Waals surface area contributed by atoms with Gasteiger partial charge < -0.3 is 10.2 Å². The van der Waals surface area contributed by atoms with Crippen molar-refractivity contribution < 1.29 is 15.0 Å². The van der Waals surface area contributed by atoms with Crippen molar-refractivity contribution in [2.24, 2.45) is 0 Å². The molecule has 0 radical (unpaired) electrons. The van der Waals surface area contributed by atoms with Gasteiger partial charge in [-0.15, -0.1) is 0 Å². The van der Waals surface area contributed by atoms with Crippen molar-refractivity contribution in [3.63, 3.8) is 0 Å². The average molecular weight is 204 g/mol. The van der Waals surface area contributed by atoms with Crippen LogP contribution in [0.25, 0.3) is 0 Å². The molecule has 3 heteroatoms. The summed E-state index contributed by atoms with van der Waals surface area (Å²) in [7, 11) is 0. The lowest BCUT2D eigenvalue weighted by Gasteiger charge is -2.03. The summed E-state index contributed by atoms with van der Waals surface area (Å²) in [4.78, 5) is 10.3. The smallest absolute Gasteiger partial charge is 0.315 e. The Kier molecular flexibility index (Phi) is 3.35. The number of carboxylic acid groups (broad SMARTS) is 1. The molecule has 0 aliphatic heterocycles. The van der Waals surface area contributed by atoms with E-state index in [2.05, 4.69) is 11.8 Å². The Morgan fingerprint density at radius 1 is 1.33 bits per heavy atom. The Hall–Kier alpha value is -1.95. The number of carboxylic acids is 1. The first-order valence-corrected chi connectivity index (χ1v) is 4.51. The number of benzene rings is 1. The summed E-state index contributed by atoms with van der Waals surface area (Å²) in [6.07, 6.45) is -0.167. The minimum Gasteiger partial charge on any atom is -0.508 e. The van der Waals surface area contributed by atoms with Gasteiger partial charge in [0.05, 0.1) is 0 Å². The molecule has 0 aromatic heterocycles. The molecule has 0 heterocycles. The van der Waals surface area contributed by atoms with E-state index in [1.165, 1.54) is 0 Å². The molecule has 0 atom stereocenters. The molecular formula is C12H12O3. The number of phenols is 1. The van der Waals surface area contributed by atoms with E-state index < -0.39 is 5.97 Å². The van der Waals surface area contributed by atoms with E-state index in [4.69, 9.17) is 5.11 Å². The van der Waals surface area contributed by atoms with Crippen molar-refractivity contribution in [3.05, 3.63) is 28.8 Å². The number of hydrogen-bond acceptors (Lipinski definition) is 2. The fourth-order valence-electron chi connectivity index (χ4n) is 1.35. The fourth-order valence-corrected chi connectivity index (χ4v) is 1.35. The molecule has 1 rings (SSSR count). The molecule has 2 N–H and O–H groups in total. The SMILES string of the molecule is Cc1cc(O)cc(C)c1C#CCC(=O)O. The second kappa shape index (κ2) is 4.52. The maximum atomic E-state index is 10.3. The lowest BCUT2D eigenvalue weighted by Crippen LogP contribution is -1.92. The zero-order chi connectivity index (χ0) is 11.4. The van der Waals surface area contributed by atoms with Crippen molar-refractivity contribution in [3.8, 4) is 17.6 Å². The summed E-state index contributed by atoms with van der Waals surface area (Å²) in [5.41, 5.74) is 2.49. The van der Waals surface area contributed by atoms with Gasteiger partial charge in [-0.25, -0.2) is 0 Å². The number of carbonyl (C=O) groups is 1. The third-order valence-corrected chi connectivity index (χ3v) is 1.97. The highest BCUT2D eigenvalue weighted by atomic mass is 16.4. The maximum Gasteiger partial charge on any atom is 0.315 e. The van der Waals surface area contributed by atoms with E-state index in [1.807, 2.05) is 13.8 Å². The largest absolute Gasteiger partial charge is 0.508 e. The van der Waals surface area contributed by atoms with Gasteiger partial charge in [0.25, 0.3) is 0 Å². The molecule has 0 bridgehead atoms. The molecule has 0 aliphatic rings. The molecule has 0 saturated heterocycles. The Bertz CT molecular complexity index is 427. The monoisotopic (exact) mass is 204 g/mol. The van der Waals surface area contributed by atoms with Crippen LogP contribution in [-0.2, 0) is 4.79 Å². The molecule has 0 fully saturated rings. The van der Waals surface area contributed by atoms with Crippen LogP contribution in [0.1, 0.15) is 23.1 Å². The standard InChI is InChI=1S/C12H12O3/c1-8-6-10(13)7-9(2)11(8)4-3-5-12(14)15/h6-7,13H,5H2,1-2H3,(H,14,15). The molecule has 0 unspecified atom stereocenters. The lowest BCUT2D eigenvalue weighted by molar-refractivity contribution is -0.135. The Morgan fingerprint density at radius 2 is 1.87 bits per heavy atom. The number of aromatic hydroxyl groups is 1. The van der Waals surface area contributed by atoms with Crippen LogP contribution in [0.2, 0.25) is 0 Å². The first kappa shape index (κ1) is 11.1. The number of hydrogen-bond donors (Lipinski definition) is 2. The molecule has 3 nitrogen and oxygen atoms in total. The first-order chi connectivity index (χ1) is 7.00. The van der Waals surface area contributed by atoms with E-state index in [0.717, 1.165) is 16.7 Å². The Balaban J connectivity index is 3.03. The summed E-state index contributed by atoms with van der Waals surface area (Å²) >= 11 is 0. The van der Waals surface area contributed by atoms with Gasteiger partial charge in [0, 0.05) is 5.56 Å². The predicted octanol–water partition coefficient (Wildman–Crippen LogP) is 1.84. The number of rotatable bonds is 1. The van der Waals surface area contributed by atoms with Crippen molar-refractivity contribution >= 4 is 5.97 Å². The van der Waals surface area contributed by atoms with Gasteiger partial charge in [-0.2, -0.15) is 0 Å². The highest BCUT2D eigenvalue weighted by molar-refractivity contribution is 5.70. The van der Waals surface area contributed by atoms with Crippen LogP contribution in [0.15, 0.2) is 12.1 Å². The van der Waals surface area contributed by atoms with Gasteiger partial charge in [-0.1, -0.05) is 11.8 Å². The second-order valence-electron chi connectivity index (χ2n) is 3.33. The molecule has 1 aromatic carbocycles. The van der Waals surface area contributed by atoms with Crippen LogP contribution in [0.5, 0.6) is 5.75 Å². The van der Waals surface area contributed by atoms with E-state index in [1.54, 1.807) is 12.1 Å². The molecule has 0 saturated carbocycles. The Labute approximate surface area is 88.4 Å². The quantitative estimate of drug-likeness (QED) is 0.686. The number of phenolic OH excluding ortho intramolecular Hbond substituents is 1.